The molecule has 1 fully saturated rings. The van der Waals surface area contributed by atoms with Crippen molar-refractivity contribution in [2.45, 2.75) is 57.2 Å². The average molecular weight is 283 g/mol. The minimum Gasteiger partial charge on any atom is -0.242 e. The molecule has 0 aromatic heterocycles. The molecule has 0 saturated heterocycles. The first-order valence-corrected chi connectivity index (χ1v) is 7.91. The monoisotopic (exact) mass is 283 g/mol. The van der Waals surface area contributed by atoms with Crippen molar-refractivity contribution in [3.8, 4) is 0 Å². The van der Waals surface area contributed by atoms with Crippen LogP contribution in [0.3, 0.4) is 0 Å². The maximum Gasteiger partial charge on any atom is 0.127 e. The van der Waals surface area contributed by atoms with E-state index in [4.69, 9.17) is 0 Å². The van der Waals surface area contributed by atoms with Crippen molar-refractivity contribution in [1.82, 2.24) is 4.72 Å². The van der Waals surface area contributed by atoms with Crippen molar-refractivity contribution in [3.05, 3.63) is 35.1 Å². The number of nitrogens with one attached hydrogen (secondary N) is 1. The number of hydrogen-bond donors (Lipinski definition) is 1. The van der Waals surface area contributed by atoms with Crippen LogP contribution in [0.15, 0.2) is 18.2 Å². The van der Waals surface area contributed by atoms with Gasteiger partial charge in [-0.15, -0.1) is 0 Å². The maximum absolute atomic E-state index is 14.0. The molecular formula is C15H22FNOS. The fourth-order valence-corrected chi connectivity index (χ4v) is 2.75. The van der Waals surface area contributed by atoms with E-state index in [1.165, 1.54) is 0 Å². The molecule has 1 aromatic carbocycles. The lowest BCUT2D eigenvalue weighted by molar-refractivity contribution is 0.596. The van der Waals surface area contributed by atoms with Crippen LogP contribution in [0.25, 0.3) is 0 Å². The predicted molar refractivity (Wildman–Crippen MR) is 77.8 cm³/mol. The summed E-state index contributed by atoms with van der Waals surface area (Å²) in [7, 11) is -1.15. The smallest absolute Gasteiger partial charge is 0.127 e. The third kappa shape index (κ3) is 3.63. The molecule has 0 bridgehead atoms. The molecule has 1 aliphatic carbocycles. The van der Waals surface area contributed by atoms with Crippen molar-refractivity contribution < 1.29 is 8.60 Å². The van der Waals surface area contributed by atoms with Gasteiger partial charge < -0.3 is 0 Å². The molecule has 1 saturated carbocycles. The molecule has 0 heterocycles. The van der Waals surface area contributed by atoms with Gasteiger partial charge in [-0.05, 0) is 63.6 Å². The number of hydrogen-bond acceptors (Lipinski definition) is 1. The largest absolute Gasteiger partial charge is 0.242 e. The quantitative estimate of drug-likeness (QED) is 0.894. The zero-order valence-corrected chi connectivity index (χ0v) is 12.8. The Morgan fingerprint density at radius 2 is 2.00 bits per heavy atom. The lowest BCUT2D eigenvalue weighted by Crippen LogP contribution is -2.34. The number of halogens is 1. The molecule has 2 atom stereocenters. The van der Waals surface area contributed by atoms with Gasteiger partial charge in [0.2, 0.25) is 0 Å². The molecule has 0 aliphatic heterocycles. The van der Waals surface area contributed by atoms with E-state index in [2.05, 4.69) is 4.72 Å². The molecule has 4 heteroatoms. The van der Waals surface area contributed by atoms with Crippen LogP contribution < -0.4 is 4.72 Å². The molecule has 2 nitrogen and oxygen atoms in total. The first kappa shape index (κ1) is 14.7. The van der Waals surface area contributed by atoms with E-state index >= 15 is 0 Å². The Kier molecular flexibility index (Phi) is 4.11. The fourth-order valence-electron chi connectivity index (χ4n) is 1.94. The van der Waals surface area contributed by atoms with E-state index in [1.54, 1.807) is 6.07 Å². The lowest BCUT2D eigenvalue weighted by atomic mass is 10.0. The Morgan fingerprint density at radius 3 is 2.47 bits per heavy atom. The van der Waals surface area contributed by atoms with Crippen LogP contribution in [-0.4, -0.2) is 8.96 Å². The molecule has 1 aromatic rings. The zero-order chi connectivity index (χ0) is 14.2. The highest BCUT2D eigenvalue weighted by molar-refractivity contribution is 7.84. The van der Waals surface area contributed by atoms with Crippen molar-refractivity contribution >= 4 is 11.0 Å². The van der Waals surface area contributed by atoms with Crippen LogP contribution in [0.5, 0.6) is 0 Å². The summed E-state index contributed by atoms with van der Waals surface area (Å²) in [4.78, 5) is 0. The summed E-state index contributed by atoms with van der Waals surface area (Å²) in [6.07, 6.45) is 2.19. The predicted octanol–water partition coefficient (Wildman–Crippen LogP) is 3.82. The van der Waals surface area contributed by atoms with E-state index in [9.17, 15) is 8.60 Å². The molecule has 1 aliphatic rings. The van der Waals surface area contributed by atoms with Gasteiger partial charge in [-0.2, -0.15) is 0 Å². The normalized spacial score (nSPS) is 19.2. The summed E-state index contributed by atoms with van der Waals surface area (Å²) in [6, 6.07) is 5.27. The Balaban J connectivity index is 2.09. The van der Waals surface area contributed by atoms with Gasteiger partial charge >= 0.3 is 0 Å². The van der Waals surface area contributed by atoms with Crippen molar-refractivity contribution in [3.63, 3.8) is 0 Å². The summed E-state index contributed by atoms with van der Waals surface area (Å²) in [5.74, 6) is 0.288. The van der Waals surface area contributed by atoms with Crippen molar-refractivity contribution in [2.24, 2.45) is 0 Å². The van der Waals surface area contributed by atoms with E-state index < -0.39 is 11.0 Å². The lowest BCUT2D eigenvalue weighted by Gasteiger charge is -2.22. The van der Waals surface area contributed by atoms with Crippen molar-refractivity contribution in [2.75, 3.05) is 0 Å². The summed E-state index contributed by atoms with van der Waals surface area (Å²) in [6.45, 7) is 7.66. The fraction of sp³-hybridized carbons (Fsp3) is 0.600. The summed E-state index contributed by atoms with van der Waals surface area (Å²) < 4.78 is 28.7. The highest BCUT2D eigenvalue weighted by Gasteiger charge is 2.27. The highest BCUT2D eigenvalue weighted by atomic mass is 32.2. The van der Waals surface area contributed by atoms with Gasteiger partial charge in [-0.1, -0.05) is 12.1 Å². The third-order valence-corrected chi connectivity index (χ3v) is 5.06. The number of benzene rings is 1. The molecule has 0 unspecified atom stereocenters. The topological polar surface area (TPSA) is 29.1 Å². The highest BCUT2D eigenvalue weighted by Crippen LogP contribution is 2.41. The van der Waals surface area contributed by atoms with Gasteiger partial charge in [-0.25, -0.2) is 13.3 Å². The molecule has 106 valence electrons. The van der Waals surface area contributed by atoms with Gasteiger partial charge in [0, 0.05) is 6.04 Å². The molecule has 2 rings (SSSR count). The average Bonchev–Trinajstić information content (AvgIpc) is 3.11. The summed E-state index contributed by atoms with van der Waals surface area (Å²) >= 11 is 0. The third-order valence-electron chi connectivity index (χ3n) is 3.38. The molecular weight excluding hydrogens is 261 g/mol. The standard InChI is InChI=1S/C15H22FNOS/c1-10(17-19(18)15(2,3)4)12-7-8-13(11-5-6-11)14(16)9-12/h7-11,17H,5-6H2,1-4H3/t10-,19+/m0/s1. The minimum atomic E-state index is -1.15. The maximum atomic E-state index is 14.0. The zero-order valence-electron chi connectivity index (χ0n) is 12.0. The van der Waals surface area contributed by atoms with E-state index in [1.807, 2.05) is 39.8 Å². The van der Waals surface area contributed by atoms with E-state index in [-0.39, 0.29) is 16.6 Å². The van der Waals surface area contributed by atoms with E-state index in [0.29, 0.717) is 5.92 Å². The van der Waals surface area contributed by atoms with Crippen LogP contribution in [0.2, 0.25) is 0 Å². The Morgan fingerprint density at radius 1 is 1.37 bits per heavy atom. The molecule has 1 N–H and O–H groups in total. The Bertz CT molecular complexity index is 491. The van der Waals surface area contributed by atoms with Crippen LogP contribution in [-0.2, 0) is 11.0 Å². The minimum absolute atomic E-state index is 0.122. The Hall–Kier alpha value is -0.740. The Labute approximate surface area is 117 Å². The van der Waals surface area contributed by atoms with Crippen LogP contribution in [0.1, 0.15) is 63.6 Å². The van der Waals surface area contributed by atoms with Crippen molar-refractivity contribution in [1.29, 1.82) is 0 Å². The van der Waals surface area contributed by atoms with Gasteiger partial charge in [-0.3, -0.25) is 0 Å². The summed E-state index contributed by atoms with van der Waals surface area (Å²) in [5, 5.41) is 0. The molecule has 0 amide bonds. The van der Waals surface area contributed by atoms with Gasteiger partial charge in [0.05, 0.1) is 15.7 Å². The van der Waals surface area contributed by atoms with E-state index in [0.717, 1.165) is 24.0 Å². The second-order valence-electron chi connectivity index (χ2n) is 6.28. The SMILES string of the molecule is C[C@H](N[S@](=O)C(C)(C)C)c1ccc(C2CC2)c(F)c1. The number of rotatable bonds is 4. The second-order valence-corrected chi connectivity index (χ2v) is 8.27. The first-order chi connectivity index (χ1) is 8.79. The van der Waals surface area contributed by atoms with Crippen LogP contribution >= 0.6 is 0 Å². The van der Waals surface area contributed by atoms with Gasteiger partial charge in [0.25, 0.3) is 0 Å². The molecule has 19 heavy (non-hydrogen) atoms. The van der Waals surface area contributed by atoms with Crippen LogP contribution in [0, 0.1) is 5.82 Å². The van der Waals surface area contributed by atoms with Gasteiger partial charge in [0.15, 0.2) is 0 Å². The summed E-state index contributed by atoms with van der Waals surface area (Å²) in [5.41, 5.74) is 1.67. The molecule has 0 spiro atoms. The molecule has 0 radical (unpaired) electrons. The van der Waals surface area contributed by atoms with Gasteiger partial charge in [0.1, 0.15) is 5.82 Å². The van der Waals surface area contributed by atoms with Crippen LogP contribution in [0.4, 0.5) is 4.39 Å². The first-order valence-electron chi connectivity index (χ1n) is 6.76. The second kappa shape index (κ2) is 5.33.